The van der Waals surface area contributed by atoms with Crippen molar-refractivity contribution in [3.8, 4) is 0 Å². The third-order valence-electron chi connectivity index (χ3n) is 4.30. The van der Waals surface area contributed by atoms with Gasteiger partial charge in [0.25, 0.3) is 0 Å². The van der Waals surface area contributed by atoms with Crippen LogP contribution in [0.4, 0.5) is 0 Å². The van der Waals surface area contributed by atoms with E-state index in [4.69, 9.17) is 4.74 Å². The summed E-state index contributed by atoms with van der Waals surface area (Å²) in [4.78, 5) is 12.1. The zero-order valence-corrected chi connectivity index (χ0v) is 10.8. The molecule has 1 aliphatic heterocycles. The van der Waals surface area contributed by atoms with E-state index in [-0.39, 0.29) is 17.3 Å². The van der Waals surface area contributed by atoms with Gasteiger partial charge >= 0.3 is 0 Å². The molecule has 98 valence electrons. The largest absolute Gasteiger partial charge is 0.385 e. The molecule has 17 heavy (non-hydrogen) atoms. The Morgan fingerprint density at radius 3 is 2.82 bits per heavy atom. The molecule has 2 unspecified atom stereocenters. The van der Waals surface area contributed by atoms with Gasteiger partial charge in [0.05, 0.1) is 5.60 Å². The lowest BCUT2D eigenvalue weighted by molar-refractivity contribution is -0.144. The molecule has 0 aromatic heterocycles. The van der Waals surface area contributed by atoms with E-state index >= 15 is 0 Å². The number of rotatable bonds is 4. The highest BCUT2D eigenvalue weighted by molar-refractivity contribution is 5.85. The summed E-state index contributed by atoms with van der Waals surface area (Å²) in [5.41, 5.74) is -0.0233. The molecule has 0 aromatic carbocycles. The minimum absolute atomic E-state index is 0.0233. The monoisotopic (exact) mass is 240 g/mol. The van der Waals surface area contributed by atoms with Crippen LogP contribution in [-0.2, 0) is 9.53 Å². The summed E-state index contributed by atoms with van der Waals surface area (Å²) in [5, 5.41) is 9.81. The number of hydrogen-bond donors (Lipinski definition) is 1. The zero-order valence-electron chi connectivity index (χ0n) is 10.8. The van der Waals surface area contributed by atoms with Crippen LogP contribution in [0.2, 0.25) is 0 Å². The van der Waals surface area contributed by atoms with Gasteiger partial charge in [-0.2, -0.15) is 0 Å². The fourth-order valence-electron chi connectivity index (χ4n) is 3.33. The summed E-state index contributed by atoms with van der Waals surface area (Å²) in [5.74, 6) is 0.0878. The van der Waals surface area contributed by atoms with Crippen molar-refractivity contribution in [3.63, 3.8) is 0 Å². The molecule has 0 aromatic rings. The average Bonchev–Trinajstić information content (AvgIpc) is 2.76. The minimum Gasteiger partial charge on any atom is -0.385 e. The van der Waals surface area contributed by atoms with Crippen molar-refractivity contribution in [2.45, 2.75) is 70.0 Å². The van der Waals surface area contributed by atoms with Gasteiger partial charge < -0.3 is 9.84 Å². The van der Waals surface area contributed by atoms with Gasteiger partial charge in [0, 0.05) is 12.5 Å². The Balaban J connectivity index is 1.94. The van der Waals surface area contributed by atoms with E-state index in [0.29, 0.717) is 13.0 Å². The number of hydrogen-bond acceptors (Lipinski definition) is 3. The number of aliphatic hydroxyl groups is 1. The highest BCUT2D eigenvalue weighted by Crippen LogP contribution is 2.42. The van der Waals surface area contributed by atoms with Crippen molar-refractivity contribution in [3.05, 3.63) is 0 Å². The number of aliphatic hydroxyl groups excluding tert-OH is 1. The maximum atomic E-state index is 12.1. The number of carbonyl (C=O) groups excluding carboxylic acids is 1. The first kappa shape index (κ1) is 13.0. The summed E-state index contributed by atoms with van der Waals surface area (Å²) < 4.78 is 5.91. The topological polar surface area (TPSA) is 46.5 Å². The van der Waals surface area contributed by atoms with Crippen LogP contribution in [0.15, 0.2) is 0 Å². The molecule has 0 bridgehead atoms. The van der Waals surface area contributed by atoms with Crippen LogP contribution in [0, 0.1) is 5.92 Å². The number of ketones is 1. The lowest BCUT2D eigenvalue weighted by Crippen LogP contribution is -2.42. The van der Waals surface area contributed by atoms with Gasteiger partial charge in [-0.05, 0) is 32.1 Å². The third kappa shape index (κ3) is 2.89. The highest BCUT2D eigenvalue weighted by Gasteiger charge is 2.42. The molecule has 2 rings (SSSR count). The first-order valence-corrected chi connectivity index (χ1v) is 7.02. The SMILES string of the molecule is CCCC(O)C(=O)C1CCOC2(CCCC2)C1. The maximum Gasteiger partial charge on any atom is 0.164 e. The molecule has 1 aliphatic carbocycles. The molecule has 1 heterocycles. The first-order chi connectivity index (χ1) is 8.17. The van der Waals surface area contributed by atoms with Crippen molar-refractivity contribution >= 4 is 5.78 Å². The van der Waals surface area contributed by atoms with E-state index in [9.17, 15) is 9.90 Å². The molecule has 1 saturated carbocycles. The van der Waals surface area contributed by atoms with Crippen LogP contribution in [0.25, 0.3) is 0 Å². The molecular weight excluding hydrogens is 216 g/mol. The average molecular weight is 240 g/mol. The standard InChI is InChI=1S/C14H24O3/c1-2-5-12(15)13(16)11-6-9-17-14(10-11)7-3-4-8-14/h11-12,15H,2-10H2,1H3. The van der Waals surface area contributed by atoms with E-state index in [1.807, 2.05) is 6.92 Å². The Morgan fingerprint density at radius 2 is 2.18 bits per heavy atom. The van der Waals surface area contributed by atoms with Crippen LogP contribution in [0.5, 0.6) is 0 Å². The smallest absolute Gasteiger partial charge is 0.164 e. The van der Waals surface area contributed by atoms with Crippen molar-refractivity contribution in [2.24, 2.45) is 5.92 Å². The molecule has 3 heteroatoms. The predicted octanol–water partition coefficient (Wildman–Crippen LogP) is 2.46. The van der Waals surface area contributed by atoms with Crippen LogP contribution in [-0.4, -0.2) is 29.2 Å². The van der Waals surface area contributed by atoms with E-state index in [0.717, 1.165) is 32.1 Å². The Bertz CT molecular complexity index is 269. The predicted molar refractivity (Wildman–Crippen MR) is 65.8 cm³/mol. The Morgan fingerprint density at radius 1 is 1.47 bits per heavy atom. The van der Waals surface area contributed by atoms with E-state index < -0.39 is 6.10 Å². The second kappa shape index (κ2) is 5.49. The molecule has 0 radical (unpaired) electrons. The van der Waals surface area contributed by atoms with Gasteiger partial charge in [-0.25, -0.2) is 0 Å². The molecule has 1 N–H and O–H groups in total. The summed E-state index contributed by atoms with van der Waals surface area (Å²) >= 11 is 0. The number of Topliss-reactive ketones (excluding diaryl/α,β-unsaturated/α-hetero) is 1. The van der Waals surface area contributed by atoms with Crippen LogP contribution >= 0.6 is 0 Å². The lowest BCUT2D eigenvalue weighted by Gasteiger charge is -2.38. The van der Waals surface area contributed by atoms with E-state index in [2.05, 4.69) is 0 Å². The third-order valence-corrected chi connectivity index (χ3v) is 4.30. The van der Waals surface area contributed by atoms with Crippen LogP contribution in [0.3, 0.4) is 0 Å². The Hall–Kier alpha value is -0.410. The fraction of sp³-hybridized carbons (Fsp3) is 0.929. The highest BCUT2D eigenvalue weighted by atomic mass is 16.5. The number of ether oxygens (including phenoxy) is 1. The van der Waals surface area contributed by atoms with Crippen LogP contribution < -0.4 is 0 Å². The van der Waals surface area contributed by atoms with Crippen LogP contribution in [0.1, 0.15) is 58.3 Å². The zero-order chi connectivity index (χ0) is 12.3. The Kier molecular flexibility index (Phi) is 4.21. The van der Waals surface area contributed by atoms with Gasteiger partial charge in [0.1, 0.15) is 6.10 Å². The first-order valence-electron chi connectivity index (χ1n) is 7.02. The van der Waals surface area contributed by atoms with Gasteiger partial charge in [0.15, 0.2) is 5.78 Å². The molecule has 1 saturated heterocycles. The summed E-state index contributed by atoms with van der Waals surface area (Å²) in [6, 6.07) is 0. The Labute approximate surface area is 104 Å². The molecule has 2 atom stereocenters. The van der Waals surface area contributed by atoms with Crippen molar-refractivity contribution in [2.75, 3.05) is 6.61 Å². The molecule has 3 nitrogen and oxygen atoms in total. The molecular formula is C14H24O3. The van der Waals surface area contributed by atoms with Gasteiger partial charge in [-0.1, -0.05) is 26.2 Å². The van der Waals surface area contributed by atoms with Gasteiger partial charge in [-0.3, -0.25) is 4.79 Å². The molecule has 1 spiro atoms. The number of carbonyl (C=O) groups is 1. The summed E-state index contributed by atoms with van der Waals surface area (Å²) in [6.45, 7) is 2.69. The fourth-order valence-corrected chi connectivity index (χ4v) is 3.33. The van der Waals surface area contributed by atoms with E-state index in [1.165, 1.54) is 12.8 Å². The summed E-state index contributed by atoms with van der Waals surface area (Å²) in [7, 11) is 0. The summed E-state index contributed by atoms with van der Waals surface area (Å²) in [6.07, 6.45) is 6.98. The van der Waals surface area contributed by atoms with Gasteiger partial charge in [-0.15, -0.1) is 0 Å². The lowest BCUT2D eigenvalue weighted by atomic mass is 9.80. The normalized spacial score (nSPS) is 29.4. The maximum absolute atomic E-state index is 12.1. The molecule has 2 fully saturated rings. The second-order valence-corrected chi connectivity index (χ2v) is 5.64. The molecule has 2 aliphatic rings. The van der Waals surface area contributed by atoms with Gasteiger partial charge in [0.2, 0.25) is 0 Å². The second-order valence-electron chi connectivity index (χ2n) is 5.64. The van der Waals surface area contributed by atoms with Crippen molar-refractivity contribution in [1.82, 2.24) is 0 Å². The van der Waals surface area contributed by atoms with Crippen molar-refractivity contribution < 1.29 is 14.6 Å². The van der Waals surface area contributed by atoms with E-state index in [1.54, 1.807) is 0 Å². The quantitative estimate of drug-likeness (QED) is 0.821. The molecule has 0 amide bonds. The van der Waals surface area contributed by atoms with Crippen molar-refractivity contribution in [1.29, 1.82) is 0 Å². The minimum atomic E-state index is -0.749.